The van der Waals surface area contributed by atoms with Crippen LogP contribution in [0.3, 0.4) is 0 Å². The molecule has 232 valence electrons. The lowest BCUT2D eigenvalue weighted by atomic mass is 10.1. The van der Waals surface area contributed by atoms with Crippen LogP contribution < -0.4 is 42.4 Å². The first-order valence-electron chi connectivity index (χ1n) is 11.5. The molecule has 0 atom stereocenters. The van der Waals surface area contributed by atoms with E-state index in [1.807, 2.05) is 0 Å². The molecule has 16 heteroatoms. The second kappa shape index (κ2) is 16.2. The molecule has 0 fully saturated rings. The summed E-state index contributed by atoms with van der Waals surface area (Å²) in [7, 11) is -12.2. The van der Waals surface area contributed by atoms with Crippen LogP contribution in [0.15, 0.2) is 109 Å². The molecule has 0 saturated carbocycles. The molecule has 0 N–H and O–H groups in total. The van der Waals surface area contributed by atoms with Crippen LogP contribution in [0.25, 0.3) is 0 Å². The van der Waals surface area contributed by atoms with Crippen molar-refractivity contribution < 1.29 is 94.7 Å². The highest BCUT2D eigenvalue weighted by Gasteiger charge is 2.37. The van der Waals surface area contributed by atoms with E-state index in [4.69, 9.17) is 25.9 Å². The lowest BCUT2D eigenvalue weighted by Gasteiger charge is -2.08. The third-order valence-corrected chi connectivity index (χ3v) is 11.2. The van der Waals surface area contributed by atoms with Gasteiger partial charge in [-0.05, 0) is 66.1 Å². The van der Waals surface area contributed by atoms with Gasteiger partial charge in [0.25, 0.3) is 0 Å². The Labute approximate surface area is 265 Å². The Kier molecular flexibility index (Phi) is 13.9. The fraction of sp³-hybridized carbons (Fsp3) is 0.111. The van der Waals surface area contributed by atoms with Crippen LogP contribution in [0.5, 0.6) is 0 Å². The summed E-state index contributed by atoms with van der Waals surface area (Å²) < 4.78 is 124. The second-order valence-corrected chi connectivity index (χ2v) is 16.8. The van der Waals surface area contributed by atoms with Crippen molar-refractivity contribution >= 4 is 20.2 Å². The highest BCUT2D eigenvalue weighted by molar-refractivity contribution is 7.86. The highest BCUT2D eigenvalue weighted by Crippen LogP contribution is 2.21. The van der Waals surface area contributed by atoms with E-state index >= 15 is 0 Å². The van der Waals surface area contributed by atoms with Crippen molar-refractivity contribution in [3.8, 4) is 0 Å². The van der Waals surface area contributed by atoms with Crippen molar-refractivity contribution in [1.29, 1.82) is 0 Å². The molecule has 4 aromatic rings. The lowest BCUT2D eigenvalue weighted by molar-refractivity contribution is -0.597. The van der Waals surface area contributed by atoms with Gasteiger partial charge in [0, 0.05) is 0 Å². The molecule has 4 aromatic carbocycles. The number of benzene rings is 4. The van der Waals surface area contributed by atoms with Crippen molar-refractivity contribution in [2.45, 2.75) is 17.4 Å². The molecule has 0 amide bonds. The molecule has 0 aliphatic heterocycles. The molecule has 0 bridgehead atoms. The lowest BCUT2D eigenvalue weighted by Crippen LogP contribution is -3.61. The third kappa shape index (κ3) is 13.9. The molecule has 6 nitrogen and oxygen atoms in total. The van der Waals surface area contributed by atoms with Crippen LogP contribution in [0, 0.1) is 14.3 Å². The van der Waals surface area contributed by atoms with Crippen LogP contribution in [-0.4, -0.2) is 37.0 Å². The third-order valence-electron chi connectivity index (χ3n) is 4.70. The molecular weight excluding hydrogens is 852 g/mol. The van der Waals surface area contributed by atoms with Gasteiger partial charge in [-0.3, -0.25) is 0 Å². The van der Waals surface area contributed by atoms with Crippen LogP contribution in [0.1, 0.15) is 11.1 Å². The summed E-state index contributed by atoms with van der Waals surface area (Å²) in [6.07, 6.45) is 1.01. The zero-order valence-electron chi connectivity index (χ0n) is 21.4. The molecule has 0 spiro atoms. The van der Waals surface area contributed by atoms with Crippen molar-refractivity contribution in [2.75, 3.05) is 0 Å². The maximum absolute atomic E-state index is 10.7. The first kappa shape index (κ1) is 36.9. The van der Waals surface area contributed by atoms with Gasteiger partial charge < -0.3 is 9.11 Å². The molecule has 0 heterocycles. The summed E-state index contributed by atoms with van der Waals surface area (Å²) in [5.41, 5.74) is -8.51. The van der Waals surface area contributed by atoms with Gasteiger partial charge in [-0.25, -0.2) is 16.8 Å². The number of halogens is 8. The molecule has 0 aromatic heterocycles. The summed E-state index contributed by atoms with van der Waals surface area (Å²) >= 11 is -0.141. The standard InChI is InChI=1S/C25H20I2.2CHF3O3S/c1-3-7-22(8-4-1)26-24-15-11-20(12-16-24)19-21-13-17-25(18-14-21)27-23-9-5-2-6-10-23;2*2-1(3,4)8(5,6)7/h1-18H,19H2;2*(H,5,6,7)/q+2;;/p-2. The summed E-state index contributed by atoms with van der Waals surface area (Å²) in [5, 5.41) is 0. The number of alkyl halides is 6. The van der Waals surface area contributed by atoms with Gasteiger partial charge in [0.15, 0.2) is 34.5 Å². The minimum atomic E-state index is -6.09. The maximum Gasteiger partial charge on any atom is 0.485 e. The Morgan fingerprint density at radius 3 is 0.930 bits per heavy atom. The van der Waals surface area contributed by atoms with Gasteiger partial charge in [-0.2, -0.15) is 26.3 Å². The predicted molar refractivity (Wildman–Crippen MR) is 135 cm³/mol. The molecule has 43 heavy (non-hydrogen) atoms. The Morgan fingerprint density at radius 2 is 0.698 bits per heavy atom. The van der Waals surface area contributed by atoms with Gasteiger partial charge in [-0.1, -0.05) is 60.7 Å². The monoisotopic (exact) mass is 872 g/mol. The average molecular weight is 872 g/mol. The zero-order valence-corrected chi connectivity index (χ0v) is 27.3. The van der Waals surface area contributed by atoms with E-state index in [-0.39, 0.29) is 42.4 Å². The topological polar surface area (TPSA) is 114 Å². The minimum absolute atomic E-state index is 0.0703. The fourth-order valence-corrected chi connectivity index (χ4v) is 7.20. The molecule has 0 radical (unpaired) electrons. The van der Waals surface area contributed by atoms with Crippen molar-refractivity contribution in [3.05, 3.63) is 135 Å². The number of rotatable bonds is 6. The summed E-state index contributed by atoms with van der Waals surface area (Å²) in [4.78, 5) is 0. The van der Waals surface area contributed by atoms with Crippen molar-refractivity contribution in [2.24, 2.45) is 0 Å². The number of hydrogen-bond acceptors (Lipinski definition) is 6. The normalized spacial score (nSPS) is 11.9. The Bertz CT molecular complexity index is 1510. The van der Waals surface area contributed by atoms with Crippen LogP contribution >= 0.6 is 0 Å². The average Bonchev–Trinajstić information content (AvgIpc) is 2.91. The van der Waals surface area contributed by atoms with Gasteiger partial charge in [-0.15, -0.1) is 0 Å². The van der Waals surface area contributed by atoms with E-state index in [1.54, 1.807) is 0 Å². The van der Waals surface area contributed by atoms with Crippen LogP contribution in [0.4, 0.5) is 26.3 Å². The maximum atomic E-state index is 10.7. The van der Waals surface area contributed by atoms with E-state index in [2.05, 4.69) is 109 Å². The fourth-order valence-electron chi connectivity index (χ4n) is 2.77. The van der Waals surface area contributed by atoms with E-state index in [0.29, 0.717) is 0 Å². The van der Waals surface area contributed by atoms with Gasteiger partial charge >= 0.3 is 53.4 Å². The summed E-state index contributed by atoms with van der Waals surface area (Å²) in [6, 6.07) is 40.1. The minimum Gasteiger partial charge on any atom is -0.741 e. The second-order valence-electron chi connectivity index (χ2n) is 8.01. The van der Waals surface area contributed by atoms with E-state index < -0.39 is 31.3 Å². The van der Waals surface area contributed by atoms with E-state index in [0.717, 1.165) is 6.42 Å². The Balaban J connectivity index is 0.000000334. The van der Waals surface area contributed by atoms with Gasteiger partial charge in [0.2, 0.25) is 0 Å². The summed E-state index contributed by atoms with van der Waals surface area (Å²) in [6.45, 7) is 0. The quantitative estimate of drug-likeness (QED) is 0.113. The van der Waals surface area contributed by atoms with Gasteiger partial charge in [0.05, 0.1) is 0 Å². The molecule has 0 unspecified atom stereocenters. The Hall–Kier alpha value is -2.26. The highest BCUT2D eigenvalue weighted by atomic mass is 127. The first-order chi connectivity index (χ1) is 19.8. The predicted octanol–water partition coefficient (Wildman–Crippen LogP) is -0.363. The summed E-state index contributed by atoms with van der Waals surface area (Å²) in [5.74, 6) is 0. The SMILES string of the molecule is O=S(=O)([O-])C(F)(F)F.O=S(=O)([O-])C(F)(F)F.c1ccc([I+]c2ccc(Cc3ccc([I+]c4ccccc4)cc3)cc2)cc1. The van der Waals surface area contributed by atoms with Gasteiger partial charge in [0.1, 0.15) is 0 Å². The number of hydrogen-bond donors (Lipinski definition) is 0. The first-order valence-corrected chi connectivity index (χ1v) is 18.6. The molecule has 0 saturated heterocycles. The molecular formula is C27H20F6I2O6S2. The van der Waals surface area contributed by atoms with Crippen LogP contribution in [-0.2, 0) is 26.7 Å². The van der Waals surface area contributed by atoms with Crippen molar-refractivity contribution in [3.63, 3.8) is 0 Å². The smallest absolute Gasteiger partial charge is 0.485 e. The van der Waals surface area contributed by atoms with Crippen LogP contribution in [0.2, 0.25) is 0 Å². The molecule has 0 aliphatic rings. The Morgan fingerprint density at radius 1 is 0.465 bits per heavy atom. The molecule has 4 rings (SSSR count). The molecule has 0 aliphatic carbocycles. The van der Waals surface area contributed by atoms with Crippen molar-refractivity contribution in [1.82, 2.24) is 0 Å². The van der Waals surface area contributed by atoms with E-state index in [9.17, 15) is 26.3 Å². The van der Waals surface area contributed by atoms with E-state index in [1.165, 1.54) is 25.4 Å². The largest absolute Gasteiger partial charge is 0.741 e. The zero-order chi connectivity index (χ0) is 32.3.